The van der Waals surface area contributed by atoms with Gasteiger partial charge in [-0.3, -0.25) is 9.88 Å². The number of urea groups is 1. The Bertz CT molecular complexity index is 597. The maximum Gasteiger partial charge on any atom is 0.322 e. The summed E-state index contributed by atoms with van der Waals surface area (Å²) in [6, 6.07) is 13.4. The number of benzene rings is 1. The van der Waals surface area contributed by atoms with Gasteiger partial charge < -0.3 is 10.6 Å². The lowest BCUT2D eigenvalue weighted by Crippen LogP contribution is -2.27. The fraction of sp³-hybridized carbons (Fsp3) is 0.200. The predicted octanol–water partition coefficient (Wildman–Crippen LogP) is 2.39. The third-order valence-corrected chi connectivity index (χ3v) is 3.42. The summed E-state index contributed by atoms with van der Waals surface area (Å²) in [7, 11) is 1.87. The molecule has 20 heavy (non-hydrogen) atoms. The van der Waals surface area contributed by atoms with E-state index in [4.69, 9.17) is 0 Å². The van der Waals surface area contributed by atoms with Crippen molar-refractivity contribution in [2.45, 2.75) is 6.04 Å². The van der Waals surface area contributed by atoms with E-state index in [1.54, 1.807) is 11.1 Å². The molecule has 1 aliphatic heterocycles. The minimum Gasteiger partial charge on any atom is -0.388 e. The van der Waals surface area contributed by atoms with Crippen molar-refractivity contribution in [3.63, 3.8) is 0 Å². The van der Waals surface area contributed by atoms with Crippen LogP contribution >= 0.6 is 0 Å². The Balaban J connectivity index is 1.80. The zero-order valence-corrected chi connectivity index (χ0v) is 11.2. The number of hydrogen-bond donors (Lipinski definition) is 2. The second kappa shape index (κ2) is 5.21. The summed E-state index contributed by atoms with van der Waals surface area (Å²) in [4.78, 5) is 18.1. The molecule has 2 N–H and O–H groups in total. The van der Waals surface area contributed by atoms with Gasteiger partial charge in [0.05, 0.1) is 18.3 Å². The topological polar surface area (TPSA) is 57.3 Å². The number of nitrogens with zero attached hydrogens (tertiary/aromatic N) is 2. The molecular weight excluding hydrogens is 252 g/mol. The van der Waals surface area contributed by atoms with Crippen LogP contribution in [0.2, 0.25) is 0 Å². The molecule has 1 aliphatic rings. The second-order valence-electron chi connectivity index (χ2n) is 4.66. The van der Waals surface area contributed by atoms with Crippen LogP contribution in [0.5, 0.6) is 0 Å². The third-order valence-electron chi connectivity index (χ3n) is 3.42. The van der Waals surface area contributed by atoms with Crippen LogP contribution in [-0.4, -0.2) is 24.6 Å². The van der Waals surface area contributed by atoms with E-state index in [1.807, 2.05) is 49.5 Å². The van der Waals surface area contributed by atoms with Crippen molar-refractivity contribution in [3.05, 3.63) is 54.4 Å². The Morgan fingerprint density at radius 2 is 2.05 bits per heavy atom. The first kappa shape index (κ1) is 12.5. The first-order valence-electron chi connectivity index (χ1n) is 6.55. The van der Waals surface area contributed by atoms with E-state index in [0.29, 0.717) is 6.54 Å². The number of nitrogens with one attached hydrogen (secondary N) is 2. The molecule has 102 valence electrons. The smallest absolute Gasteiger partial charge is 0.322 e. The van der Waals surface area contributed by atoms with Gasteiger partial charge in [0.25, 0.3) is 0 Å². The summed E-state index contributed by atoms with van der Waals surface area (Å²) in [6.45, 7) is 0.592. The highest BCUT2D eigenvalue weighted by atomic mass is 16.2. The molecule has 1 atom stereocenters. The fourth-order valence-corrected chi connectivity index (χ4v) is 2.32. The lowest BCUT2D eigenvalue weighted by molar-refractivity contribution is 0.251. The quantitative estimate of drug-likeness (QED) is 0.898. The summed E-state index contributed by atoms with van der Waals surface area (Å²) in [5.41, 5.74) is 2.80. The molecule has 3 rings (SSSR count). The van der Waals surface area contributed by atoms with E-state index in [9.17, 15) is 4.79 Å². The normalized spacial score (nSPS) is 17.9. The summed E-state index contributed by atoms with van der Waals surface area (Å²) in [5, 5.41) is 6.02. The molecule has 1 aromatic heterocycles. The monoisotopic (exact) mass is 268 g/mol. The van der Waals surface area contributed by atoms with Gasteiger partial charge in [-0.2, -0.15) is 0 Å². The zero-order chi connectivity index (χ0) is 13.9. The molecule has 1 fully saturated rings. The van der Waals surface area contributed by atoms with Crippen molar-refractivity contribution >= 4 is 17.4 Å². The molecule has 1 saturated heterocycles. The molecule has 0 bridgehead atoms. The van der Waals surface area contributed by atoms with Crippen LogP contribution in [0, 0.1) is 0 Å². The maximum absolute atomic E-state index is 12.1. The van der Waals surface area contributed by atoms with Crippen LogP contribution in [0.25, 0.3) is 0 Å². The van der Waals surface area contributed by atoms with Gasteiger partial charge in [0.1, 0.15) is 0 Å². The number of carbonyl (C=O) groups is 1. The van der Waals surface area contributed by atoms with E-state index in [0.717, 1.165) is 17.1 Å². The van der Waals surface area contributed by atoms with Crippen molar-refractivity contribution in [2.24, 2.45) is 0 Å². The number of amides is 2. The molecule has 5 nitrogen and oxygen atoms in total. The van der Waals surface area contributed by atoms with Crippen molar-refractivity contribution in [2.75, 3.05) is 23.8 Å². The maximum atomic E-state index is 12.1. The minimum atomic E-state index is -0.0853. The molecule has 2 amide bonds. The van der Waals surface area contributed by atoms with E-state index >= 15 is 0 Å². The molecule has 2 heterocycles. The molecule has 0 saturated carbocycles. The van der Waals surface area contributed by atoms with Crippen LogP contribution in [0.3, 0.4) is 0 Å². The molecule has 0 aliphatic carbocycles. The number of pyridine rings is 1. The van der Waals surface area contributed by atoms with Crippen molar-refractivity contribution in [1.29, 1.82) is 0 Å². The van der Waals surface area contributed by atoms with Crippen molar-refractivity contribution in [3.8, 4) is 0 Å². The van der Waals surface area contributed by atoms with Crippen LogP contribution in [0.4, 0.5) is 16.2 Å². The number of hydrogen-bond acceptors (Lipinski definition) is 3. The average Bonchev–Trinajstić information content (AvgIpc) is 2.90. The summed E-state index contributed by atoms with van der Waals surface area (Å²) in [6.07, 6.45) is 1.74. The van der Waals surface area contributed by atoms with E-state index < -0.39 is 0 Å². The summed E-state index contributed by atoms with van der Waals surface area (Å²) >= 11 is 0. The standard InChI is InChI=1S/C15H16N4O/c1-16-11-5-7-12(8-6-11)19-10-14(18-15(19)20)13-4-2-3-9-17-13/h2-9,14,16H,10H2,1H3,(H,18,20). The highest BCUT2D eigenvalue weighted by molar-refractivity contribution is 5.94. The van der Waals surface area contributed by atoms with Gasteiger partial charge >= 0.3 is 6.03 Å². The number of aromatic nitrogens is 1. The fourth-order valence-electron chi connectivity index (χ4n) is 2.32. The molecule has 0 radical (unpaired) electrons. The number of anilines is 2. The van der Waals surface area contributed by atoms with Crippen molar-refractivity contribution in [1.82, 2.24) is 10.3 Å². The van der Waals surface area contributed by atoms with Gasteiger partial charge in [-0.05, 0) is 36.4 Å². The van der Waals surface area contributed by atoms with Crippen LogP contribution in [0.1, 0.15) is 11.7 Å². The van der Waals surface area contributed by atoms with Gasteiger partial charge in [0, 0.05) is 24.6 Å². The molecule has 2 aromatic rings. The van der Waals surface area contributed by atoms with Gasteiger partial charge in [-0.15, -0.1) is 0 Å². The Morgan fingerprint density at radius 1 is 1.25 bits per heavy atom. The lowest BCUT2D eigenvalue weighted by atomic mass is 10.2. The first-order chi connectivity index (χ1) is 9.78. The number of rotatable bonds is 3. The average molecular weight is 268 g/mol. The van der Waals surface area contributed by atoms with Crippen LogP contribution in [0.15, 0.2) is 48.7 Å². The van der Waals surface area contributed by atoms with E-state index in [2.05, 4.69) is 15.6 Å². The zero-order valence-electron chi connectivity index (χ0n) is 11.2. The lowest BCUT2D eigenvalue weighted by Gasteiger charge is -2.15. The Morgan fingerprint density at radius 3 is 2.70 bits per heavy atom. The molecule has 5 heteroatoms. The largest absolute Gasteiger partial charge is 0.388 e. The Labute approximate surface area is 117 Å². The summed E-state index contributed by atoms with van der Waals surface area (Å²) in [5.74, 6) is 0. The van der Waals surface area contributed by atoms with Crippen LogP contribution in [-0.2, 0) is 0 Å². The highest BCUT2D eigenvalue weighted by Crippen LogP contribution is 2.25. The second-order valence-corrected chi connectivity index (χ2v) is 4.66. The third kappa shape index (κ3) is 2.30. The van der Waals surface area contributed by atoms with Gasteiger partial charge in [-0.1, -0.05) is 6.07 Å². The Hall–Kier alpha value is -2.56. The Kier molecular flexibility index (Phi) is 3.25. The molecule has 1 aromatic carbocycles. The molecular formula is C15H16N4O. The minimum absolute atomic E-state index is 0.0623. The predicted molar refractivity (Wildman–Crippen MR) is 78.8 cm³/mol. The molecule has 1 unspecified atom stereocenters. The number of carbonyl (C=O) groups excluding carboxylic acids is 1. The van der Waals surface area contributed by atoms with Crippen molar-refractivity contribution < 1.29 is 4.79 Å². The summed E-state index contributed by atoms with van der Waals surface area (Å²) < 4.78 is 0. The van der Waals surface area contributed by atoms with Crippen LogP contribution < -0.4 is 15.5 Å². The first-order valence-corrected chi connectivity index (χ1v) is 6.55. The van der Waals surface area contributed by atoms with E-state index in [1.165, 1.54) is 0 Å². The van der Waals surface area contributed by atoms with E-state index in [-0.39, 0.29) is 12.1 Å². The van der Waals surface area contributed by atoms with Gasteiger partial charge in [0.2, 0.25) is 0 Å². The SMILES string of the molecule is CNc1ccc(N2CC(c3ccccn3)NC2=O)cc1. The van der Waals surface area contributed by atoms with Gasteiger partial charge in [-0.25, -0.2) is 4.79 Å². The highest BCUT2D eigenvalue weighted by Gasteiger charge is 2.31. The van der Waals surface area contributed by atoms with Gasteiger partial charge in [0.15, 0.2) is 0 Å². The molecule has 0 spiro atoms.